The Balaban J connectivity index is 2.53. The maximum atomic E-state index is 12.5. The van der Waals surface area contributed by atoms with Crippen LogP contribution < -0.4 is 11.2 Å². The van der Waals surface area contributed by atoms with Crippen LogP contribution >= 0.6 is 0 Å². The lowest BCUT2D eigenvalue weighted by Crippen LogP contribution is -2.37. The number of fused-ring (bicyclic) bond motifs is 3. The third kappa shape index (κ3) is 1.70. The predicted molar refractivity (Wildman–Crippen MR) is 82.3 cm³/mol. The van der Waals surface area contributed by atoms with Crippen LogP contribution in [0.1, 0.15) is 17.8 Å². The van der Waals surface area contributed by atoms with Gasteiger partial charge >= 0.3 is 5.69 Å². The Labute approximate surface area is 125 Å². The molecule has 0 aliphatic heterocycles. The maximum Gasteiger partial charge on any atom is 0.332 e. The maximum absolute atomic E-state index is 12.5. The van der Waals surface area contributed by atoms with Crippen LogP contribution in [-0.4, -0.2) is 34.8 Å². The highest BCUT2D eigenvalue weighted by Crippen LogP contribution is 2.20. The Bertz CT molecular complexity index is 1000. The number of aryl methyl sites for hydroxylation is 3. The van der Waals surface area contributed by atoms with Crippen molar-refractivity contribution in [1.82, 2.24) is 23.1 Å². The fraction of sp³-hybridized carbons (Fsp3) is 0.500. The van der Waals surface area contributed by atoms with Crippen LogP contribution in [0, 0.1) is 13.8 Å². The summed E-state index contributed by atoms with van der Waals surface area (Å²) in [6, 6.07) is 0. The molecule has 3 aromatic heterocycles. The van der Waals surface area contributed by atoms with Crippen molar-refractivity contribution < 1.29 is 5.11 Å². The minimum Gasteiger partial charge on any atom is -0.396 e. The number of rotatable bonds is 3. The van der Waals surface area contributed by atoms with Gasteiger partial charge in [0.05, 0.1) is 0 Å². The first-order chi connectivity index (χ1) is 10.4. The second-order valence-electron chi connectivity index (χ2n) is 5.52. The van der Waals surface area contributed by atoms with Crippen LogP contribution in [-0.2, 0) is 20.6 Å². The average molecular weight is 305 g/mol. The molecule has 0 amide bonds. The second-order valence-corrected chi connectivity index (χ2v) is 5.52. The third-order valence-corrected chi connectivity index (χ3v) is 4.29. The Morgan fingerprint density at radius 2 is 1.77 bits per heavy atom. The molecule has 3 rings (SSSR count). The summed E-state index contributed by atoms with van der Waals surface area (Å²) >= 11 is 0. The number of aliphatic hydroxyl groups excluding tert-OH is 1. The van der Waals surface area contributed by atoms with Gasteiger partial charge in [0.15, 0.2) is 11.2 Å². The van der Waals surface area contributed by atoms with Crippen LogP contribution in [0.3, 0.4) is 0 Å². The predicted octanol–water partition coefficient (Wildman–Crippen LogP) is -0.314. The van der Waals surface area contributed by atoms with E-state index in [1.807, 2.05) is 18.4 Å². The fourth-order valence-electron chi connectivity index (χ4n) is 2.89. The Morgan fingerprint density at radius 3 is 2.41 bits per heavy atom. The molecule has 0 unspecified atom stereocenters. The van der Waals surface area contributed by atoms with E-state index >= 15 is 0 Å². The zero-order valence-corrected chi connectivity index (χ0v) is 13.1. The Morgan fingerprint density at radius 1 is 1.09 bits per heavy atom. The van der Waals surface area contributed by atoms with Gasteiger partial charge in [0.1, 0.15) is 0 Å². The summed E-state index contributed by atoms with van der Waals surface area (Å²) in [7, 11) is 3.07. The zero-order valence-electron chi connectivity index (χ0n) is 13.1. The summed E-state index contributed by atoms with van der Waals surface area (Å²) in [5.41, 5.74) is 1.94. The monoisotopic (exact) mass is 305 g/mol. The number of hydrogen-bond donors (Lipinski definition) is 1. The first kappa shape index (κ1) is 14.6. The lowest BCUT2D eigenvalue weighted by atomic mass is 10.3. The van der Waals surface area contributed by atoms with Crippen molar-refractivity contribution in [3.8, 4) is 0 Å². The van der Waals surface area contributed by atoms with E-state index in [-0.39, 0.29) is 12.2 Å². The standard InChI is InChI=1S/C14H19N5O3/c1-8-9(2)19-10-11(15-13(19)18(8)6-5-7-20)16(3)14(22)17(4)12(10)21/h20H,5-7H2,1-4H3. The van der Waals surface area contributed by atoms with Gasteiger partial charge in [0, 0.05) is 38.6 Å². The van der Waals surface area contributed by atoms with Gasteiger partial charge in [0.2, 0.25) is 5.78 Å². The van der Waals surface area contributed by atoms with Crippen molar-refractivity contribution in [3.05, 3.63) is 32.2 Å². The van der Waals surface area contributed by atoms with Crippen molar-refractivity contribution in [2.45, 2.75) is 26.8 Å². The van der Waals surface area contributed by atoms with Gasteiger partial charge in [-0.3, -0.25) is 18.3 Å². The Kier molecular flexibility index (Phi) is 3.21. The normalized spacial score (nSPS) is 11.9. The van der Waals surface area contributed by atoms with Gasteiger partial charge in [0.25, 0.3) is 5.56 Å². The summed E-state index contributed by atoms with van der Waals surface area (Å²) in [6.07, 6.45) is 0.602. The van der Waals surface area contributed by atoms with Crippen LogP contribution in [0.2, 0.25) is 0 Å². The van der Waals surface area contributed by atoms with E-state index in [1.165, 1.54) is 11.6 Å². The highest BCUT2D eigenvalue weighted by atomic mass is 16.3. The summed E-state index contributed by atoms with van der Waals surface area (Å²) in [5, 5.41) is 9.06. The van der Waals surface area contributed by atoms with E-state index in [0.717, 1.165) is 16.0 Å². The molecule has 8 nitrogen and oxygen atoms in total. The Hall–Kier alpha value is -2.35. The molecule has 0 aliphatic rings. The van der Waals surface area contributed by atoms with Gasteiger partial charge in [-0.05, 0) is 20.3 Å². The van der Waals surface area contributed by atoms with Crippen molar-refractivity contribution in [2.75, 3.05) is 6.61 Å². The molecule has 3 aromatic rings. The molecule has 0 saturated carbocycles. The largest absolute Gasteiger partial charge is 0.396 e. The van der Waals surface area contributed by atoms with E-state index in [0.29, 0.717) is 29.9 Å². The minimum atomic E-state index is -0.394. The quantitative estimate of drug-likeness (QED) is 0.719. The second kappa shape index (κ2) is 4.84. The van der Waals surface area contributed by atoms with E-state index in [2.05, 4.69) is 4.98 Å². The van der Waals surface area contributed by atoms with Crippen molar-refractivity contribution in [3.63, 3.8) is 0 Å². The van der Waals surface area contributed by atoms with Crippen LogP contribution in [0.25, 0.3) is 16.9 Å². The zero-order chi connectivity index (χ0) is 16.2. The average Bonchev–Trinajstić information content (AvgIpc) is 2.99. The number of aliphatic hydroxyl groups is 1. The molecule has 0 spiro atoms. The lowest BCUT2D eigenvalue weighted by molar-refractivity contribution is 0.280. The highest BCUT2D eigenvalue weighted by molar-refractivity contribution is 5.76. The van der Waals surface area contributed by atoms with Crippen LogP contribution in [0.15, 0.2) is 9.59 Å². The van der Waals surface area contributed by atoms with Crippen molar-refractivity contribution in [2.24, 2.45) is 14.1 Å². The number of imidazole rings is 2. The molecule has 0 saturated heterocycles. The van der Waals surface area contributed by atoms with Crippen LogP contribution in [0.5, 0.6) is 0 Å². The molecule has 0 aromatic carbocycles. The molecule has 118 valence electrons. The van der Waals surface area contributed by atoms with Gasteiger partial charge in [-0.2, -0.15) is 4.98 Å². The molecular formula is C14H19N5O3. The number of aromatic nitrogens is 5. The molecule has 0 radical (unpaired) electrons. The third-order valence-electron chi connectivity index (χ3n) is 4.29. The molecule has 0 fully saturated rings. The molecule has 0 atom stereocenters. The van der Waals surface area contributed by atoms with E-state index in [1.54, 1.807) is 11.4 Å². The molecule has 22 heavy (non-hydrogen) atoms. The SMILES string of the molecule is Cc1c(C)n2c3c(=O)n(C)c(=O)n(C)c3nc2n1CCCO. The van der Waals surface area contributed by atoms with Gasteiger partial charge in [-0.15, -0.1) is 0 Å². The van der Waals surface area contributed by atoms with Crippen LogP contribution in [0.4, 0.5) is 0 Å². The lowest BCUT2D eigenvalue weighted by Gasteiger charge is -2.05. The topological polar surface area (TPSA) is 86.5 Å². The molecule has 1 N–H and O–H groups in total. The smallest absolute Gasteiger partial charge is 0.332 e. The molecule has 0 aliphatic carbocycles. The summed E-state index contributed by atoms with van der Waals surface area (Å²) in [5.74, 6) is 0.622. The minimum absolute atomic E-state index is 0.0866. The van der Waals surface area contributed by atoms with Crippen molar-refractivity contribution >= 4 is 16.9 Å². The first-order valence-electron chi connectivity index (χ1n) is 7.14. The molecule has 8 heteroatoms. The van der Waals surface area contributed by atoms with Gasteiger partial charge < -0.3 is 9.67 Å². The molecular weight excluding hydrogens is 286 g/mol. The van der Waals surface area contributed by atoms with Crippen molar-refractivity contribution in [1.29, 1.82) is 0 Å². The first-order valence-corrected chi connectivity index (χ1v) is 7.14. The van der Waals surface area contributed by atoms with E-state index in [4.69, 9.17) is 5.11 Å². The summed E-state index contributed by atoms with van der Waals surface area (Å²) in [6.45, 7) is 4.57. The molecule has 3 heterocycles. The fourth-order valence-corrected chi connectivity index (χ4v) is 2.89. The van der Waals surface area contributed by atoms with E-state index < -0.39 is 5.69 Å². The van der Waals surface area contributed by atoms with Gasteiger partial charge in [-0.1, -0.05) is 0 Å². The van der Waals surface area contributed by atoms with E-state index in [9.17, 15) is 9.59 Å². The highest BCUT2D eigenvalue weighted by Gasteiger charge is 2.21. The number of nitrogens with zero attached hydrogens (tertiary/aromatic N) is 5. The van der Waals surface area contributed by atoms with Gasteiger partial charge in [-0.25, -0.2) is 4.79 Å². The summed E-state index contributed by atoms with van der Waals surface area (Å²) < 4.78 is 6.24. The molecule has 0 bridgehead atoms. The summed E-state index contributed by atoms with van der Waals surface area (Å²) in [4.78, 5) is 29.1. The number of hydrogen-bond acceptors (Lipinski definition) is 4.